The van der Waals surface area contributed by atoms with E-state index in [0.717, 1.165) is 15.9 Å². The molecule has 3 aromatic rings. The molecule has 0 radical (unpaired) electrons. The molecule has 1 amide bonds. The van der Waals surface area contributed by atoms with Crippen LogP contribution in [-0.4, -0.2) is 10.7 Å². The minimum Gasteiger partial charge on any atom is -0.270 e. The van der Waals surface area contributed by atoms with Crippen molar-refractivity contribution in [3.8, 4) is 0 Å². The average Bonchev–Trinajstić information content (AvgIpc) is 2.68. The molecule has 25 heavy (non-hydrogen) atoms. The summed E-state index contributed by atoms with van der Waals surface area (Å²) in [5, 5.41) is 2.94. The summed E-state index contributed by atoms with van der Waals surface area (Å²) in [5.74, 6) is -0.520. The van der Waals surface area contributed by atoms with Gasteiger partial charge in [0.15, 0.2) is 4.84 Å². The van der Waals surface area contributed by atoms with Crippen molar-refractivity contribution >= 4 is 52.1 Å². The number of carbonyl (C=O) groups excluding carboxylic acids is 1. The zero-order valence-electron chi connectivity index (χ0n) is 13.3. The summed E-state index contributed by atoms with van der Waals surface area (Å²) in [7, 11) is -2.56. The molecule has 0 saturated carbocycles. The largest absolute Gasteiger partial charge is 0.278 e. The van der Waals surface area contributed by atoms with Crippen molar-refractivity contribution in [2.24, 2.45) is 4.74 Å². The third-order valence-corrected chi connectivity index (χ3v) is 7.83. The van der Waals surface area contributed by atoms with Gasteiger partial charge in [-0.15, -0.1) is 0 Å². The fraction of sp³-hybridized carbons (Fsp3) is 0.0500. The van der Waals surface area contributed by atoms with Gasteiger partial charge in [-0.25, -0.2) is 4.74 Å². The minimum absolute atomic E-state index is 0.520. The van der Waals surface area contributed by atoms with Crippen LogP contribution < -0.4 is 15.9 Å². The summed E-state index contributed by atoms with van der Waals surface area (Å²) in [4.78, 5) is 11.3. The maximum Gasteiger partial charge on any atom is 0.278 e. The molecule has 0 aliphatic heterocycles. The number of hydrogen-bond donors (Lipinski definition) is 0. The number of hydrogen-bond acceptors (Lipinski definition) is 1. The lowest BCUT2D eigenvalue weighted by Gasteiger charge is -2.26. The third-order valence-electron chi connectivity index (χ3n) is 3.82. The molecule has 0 aliphatic rings. The van der Waals surface area contributed by atoms with E-state index in [-0.39, 0.29) is 0 Å². The third kappa shape index (κ3) is 3.72. The number of carbonyl (C=O) groups is 1. The van der Waals surface area contributed by atoms with E-state index in [1.165, 1.54) is 0 Å². The van der Waals surface area contributed by atoms with Gasteiger partial charge < -0.3 is 0 Å². The summed E-state index contributed by atoms with van der Waals surface area (Å²) >= 11 is 11.7. The molecule has 0 heterocycles. The van der Waals surface area contributed by atoms with Crippen LogP contribution in [0.1, 0.15) is 0 Å². The second-order valence-electron chi connectivity index (χ2n) is 5.38. The quantitative estimate of drug-likeness (QED) is 0.478. The summed E-state index contributed by atoms with van der Waals surface area (Å²) in [5.41, 5.74) is 0. The molecular formula is C20H16Cl2NOP. The van der Waals surface area contributed by atoms with Gasteiger partial charge in [-0.1, -0.05) is 114 Å². The van der Waals surface area contributed by atoms with Crippen LogP contribution in [0, 0.1) is 0 Å². The van der Waals surface area contributed by atoms with Crippen LogP contribution in [0.25, 0.3) is 0 Å². The number of halogens is 2. The van der Waals surface area contributed by atoms with Gasteiger partial charge in [0.05, 0.1) is 7.05 Å². The van der Waals surface area contributed by atoms with Gasteiger partial charge in [-0.3, -0.25) is 4.79 Å². The highest BCUT2D eigenvalue weighted by Crippen LogP contribution is 2.46. The molecule has 3 rings (SSSR count). The Balaban J connectivity index is 2.43. The molecule has 0 saturated heterocycles. The van der Waals surface area contributed by atoms with E-state index in [4.69, 9.17) is 23.2 Å². The van der Waals surface area contributed by atoms with E-state index in [1.54, 1.807) is 0 Å². The highest BCUT2D eigenvalue weighted by atomic mass is 35.5. The lowest BCUT2D eigenvalue weighted by Crippen LogP contribution is -2.26. The molecule has 2 nitrogen and oxygen atoms in total. The first-order valence-corrected chi connectivity index (χ1v) is 10.4. The zero-order valence-corrected chi connectivity index (χ0v) is 15.7. The lowest BCUT2D eigenvalue weighted by atomic mass is 10.4. The van der Waals surface area contributed by atoms with E-state index in [9.17, 15) is 4.79 Å². The van der Waals surface area contributed by atoms with Crippen molar-refractivity contribution in [1.29, 1.82) is 0 Å². The lowest BCUT2D eigenvalue weighted by molar-refractivity contribution is -0.116. The molecule has 3 aromatic carbocycles. The number of rotatable bonds is 4. The molecule has 0 N–H and O–H groups in total. The molecule has 0 spiro atoms. The maximum absolute atomic E-state index is 12.5. The first-order chi connectivity index (χ1) is 12.1. The number of benzene rings is 3. The molecular weight excluding hydrogens is 372 g/mol. The Morgan fingerprint density at radius 1 is 0.680 bits per heavy atom. The molecule has 126 valence electrons. The number of alkyl halides is 2. The van der Waals surface area contributed by atoms with Crippen molar-refractivity contribution in [2.75, 3.05) is 0 Å². The van der Waals surface area contributed by atoms with E-state index in [1.807, 2.05) is 91.0 Å². The minimum atomic E-state index is -2.56. The van der Waals surface area contributed by atoms with Gasteiger partial charge >= 0.3 is 0 Å². The zero-order chi connectivity index (χ0) is 17.7. The van der Waals surface area contributed by atoms with Crippen molar-refractivity contribution in [3.63, 3.8) is 0 Å². The fourth-order valence-electron chi connectivity index (χ4n) is 2.74. The van der Waals surface area contributed by atoms with E-state index >= 15 is 0 Å². The SMILES string of the molecule is O=C(N=P(c1ccccc1)(c1ccccc1)c1ccccc1)C(Cl)Cl. The molecule has 0 fully saturated rings. The van der Waals surface area contributed by atoms with Gasteiger partial charge in [0.2, 0.25) is 0 Å². The normalized spacial score (nSPS) is 11.3. The van der Waals surface area contributed by atoms with Crippen molar-refractivity contribution in [3.05, 3.63) is 91.0 Å². The fourth-order valence-corrected chi connectivity index (χ4v) is 6.44. The Morgan fingerprint density at radius 3 is 1.28 bits per heavy atom. The van der Waals surface area contributed by atoms with Crippen LogP contribution in [0.5, 0.6) is 0 Å². The standard InChI is InChI=1S/C20H16Cl2NOP/c21-19(22)20(24)23-25(16-10-4-1-5-11-16,17-12-6-2-7-13-17)18-14-8-3-9-15-18/h1-15,19H. The molecule has 0 atom stereocenters. The van der Waals surface area contributed by atoms with Crippen LogP contribution in [0.4, 0.5) is 0 Å². The highest BCUT2D eigenvalue weighted by Gasteiger charge is 2.29. The summed E-state index contributed by atoms with van der Waals surface area (Å²) in [6.07, 6.45) is 0. The van der Waals surface area contributed by atoms with Crippen LogP contribution in [-0.2, 0) is 4.79 Å². The maximum atomic E-state index is 12.5. The number of amides is 1. The van der Waals surface area contributed by atoms with Crippen LogP contribution in [0.3, 0.4) is 0 Å². The Hall–Kier alpha value is -1.86. The van der Waals surface area contributed by atoms with Gasteiger partial charge in [-0.05, 0) is 0 Å². The van der Waals surface area contributed by atoms with E-state index < -0.39 is 17.8 Å². The Bertz CT molecular complexity index is 793. The molecule has 0 aliphatic carbocycles. The summed E-state index contributed by atoms with van der Waals surface area (Å²) < 4.78 is 4.63. The van der Waals surface area contributed by atoms with E-state index in [2.05, 4.69) is 4.74 Å². The van der Waals surface area contributed by atoms with Crippen LogP contribution in [0.15, 0.2) is 95.7 Å². The second-order valence-corrected chi connectivity index (χ2v) is 9.50. The van der Waals surface area contributed by atoms with Crippen LogP contribution >= 0.6 is 30.3 Å². The van der Waals surface area contributed by atoms with Gasteiger partial charge in [0.25, 0.3) is 5.91 Å². The molecule has 0 aromatic heterocycles. The van der Waals surface area contributed by atoms with Gasteiger partial charge in [-0.2, -0.15) is 0 Å². The highest BCUT2D eigenvalue weighted by molar-refractivity contribution is 7.87. The van der Waals surface area contributed by atoms with Gasteiger partial charge in [0, 0.05) is 15.9 Å². The smallest absolute Gasteiger partial charge is 0.270 e. The predicted molar refractivity (Wildman–Crippen MR) is 108 cm³/mol. The van der Waals surface area contributed by atoms with Crippen molar-refractivity contribution in [1.82, 2.24) is 0 Å². The van der Waals surface area contributed by atoms with Crippen molar-refractivity contribution < 1.29 is 4.79 Å². The van der Waals surface area contributed by atoms with E-state index in [0.29, 0.717) is 0 Å². The van der Waals surface area contributed by atoms with Crippen LogP contribution in [0.2, 0.25) is 0 Å². The summed E-state index contributed by atoms with van der Waals surface area (Å²) in [6.45, 7) is 0. The Morgan fingerprint density at radius 2 is 1.00 bits per heavy atom. The monoisotopic (exact) mass is 387 g/mol. The van der Waals surface area contributed by atoms with Gasteiger partial charge in [0.1, 0.15) is 0 Å². The first-order valence-electron chi connectivity index (χ1n) is 7.76. The average molecular weight is 388 g/mol. The molecule has 0 bridgehead atoms. The topological polar surface area (TPSA) is 29.4 Å². The van der Waals surface area contributed by atoms with Crippen molar-refractivity contribution in [2.45, 2.75) is 4.84 Å². The summed E-state index contributed by atoms with van der Waals surface area (Å²) in [6, 6.07) is 29.6. The number of nitrogens with zero attached hydrogens (tertiary/aromatic N) is 1. The first kappa shape index (κ1) is 17.9. The predicted octanol–water partition coefficient (Wildman–Crippen LogP) is 4.49. The second kappa shape index (κ2) is 8.01. The molecule has 5 heteroatoms. The Kier molecular flexibility index (Phi) is 5.75. The Labute approximate surface area is 157 Å². The molecule has 0 unspecified atom stereocenters.